The number of thiazole rings is 2. The molecule has 2 aromatic rings. The standard InChI is InChI=1S/C22H25FN6OS2/c1-13(2)21-27-18(11-31-21)9-24-20(30)19-14(3)26-22(32-19)28-12-25-29(15(28)4)10-16-5-7-17(23)8-6-16/h5,7,11-13H,4,6,8-10H2,1-3H3,(H,24,30). The third-order valence-electron chi connectivity index (χ3n) is 5.11. The second-order valence-electron chi connectivity index (χ2n) is 7.94. The Morgan fingerprint density at radius 1 is 1.31 bits per heavy atom. The van der Waals surface area contributed by atoms with Gasteiger partial charge in [0, 0.05) is 17.7 Å². The van der Waals surface area contributed by atoms with Crippen LogP contribution >= 0.6 is 22.7 Å². The molecular weight excluding hydrogens is 447 g/mol. The minimum absolute atomic E-state index is 0.0988. The average Bonchev–Trinajstić information content (AvgIpc) is 3.47. The minimum Gasteiger partial charge on any atom is -0.346 e. The van der Waals surface area contributed by atoms with Crippen LogP contribution in [0.25, 0.3) is 0 Å². The molecule has 4 rings (SSSR count). The molecule has 0 bridgehead atoms. The van der Waals surface area contributed by atoms with Crippen molar-refractivity contribution in [3.05, 3.63) is 62.6 Å². The predicted octanol–water partition coefficient (Wildman–Crippen LogP) is 5.07. The van der Waals surface area contributed by atoms with Crippen LogP contribution in [0.1, 0.15) is 58.7 Å². The number of halogens is 1. The molecule has 7 nitrogen and oxygen atoms in total. The highest BCUT2D eigenvalue weighted by Gasteiger charge is 2.26. The molecule has 0 fully saturated rings. The van der Waals surface area contributed by atoms with E-state index in [-0.39, 0.29) is 11.7 Å². The highest BCUT2D eigenvalue weighted by atomic mass is 32.1. The number of aryl methyl sites for hydroxylation is 1. The van der Waals surface area contributed by atoms with Gasteiger partial charge in [0.1, 0.15) is 22.9 Å². The lowest BCUT2D eigenvalue weighted by Crippen LogP contribution is -2.24. The van der Waals surface area contributed by atoms with Crippen LogP contribution in [0, 0.1) is 6.92 Å². The number of carbonyl (C=O) groups is 1. The summed E-state index contributed by atoms with van der Waals surface area (Å²) in [5.41, 5.74) is 2.60. The van der Waals surface area contributed by atoms with Gasteiger partial charge in [-0.15, -0.1) is 11.3 Å². The van der Waals surface area contributed by atoms with Gasteiger partial charge in [0.25, 0.3) is 5.91 Å². The molecule has 32 heavy (non-hydrogen) atoms. The number of nitrogens with one attached hydrogen (secondary N) is 1. The van der Waals surface area contributed by atoms with E-state index >= 15 is 0 Å². The molecule has 1 N–H and O–H groups in total. The summed E-state index contributed by atoms with van der Waals surface area (Å²) in [6.07, 6.45) is 6.03. The van der Waals surface area contributed by atoms with Crippen molar-refractivity contribution in [2.24, 2.45) is 5.10 Å². The summed E-state index contributed by atoms with van der Waals surface area (Å²) in [5, 5.41) is 12.8. The van der Waals surface area contributed by atoms with Crippen LogP contribution in [-0.4, -0.2) is 33.8 Å². The lowest BCUT2D eigenvalue weighted by molar-refractivity contribution is 0.0953. The smallest absolute Gasteiger partial charge is 0.263 e. The molecule has 1 aliphatic heterocycles. The maximum Gasteiger partial charge on any atom is 0.263 e. The second-order valence-corrected chi connectivity index (χ2v) is 9.81. The Hall–Kier alpha value is -2.85. The monoisotopic (exact) mass is 472 g/mol. The second kappa shape index (κ2) is 9.33. The number of amides is 1. The summed E-state index contributed by atoms with van der Waals surface area (Å²) in [6, 6.07) is 0. The van der Waals surface area contributed by atoms with Crippen LogP contribution in [0.15, 0.2) is 46.4 Å². The van der Waals surface area contributed by atoms with Crippen LogP contribution in [-0.2, 0) is 6.54 Å². The Morgan fingerprint density at radius 2 is 2.12 bits per heavy atom. The number of anilines is 1. The van der Waals surface area contributed by atoms with Crippen LogP contribution in [0.5, 0.6) is 0 Å². The molecule has 168 valence electrons. The zero-order chi connectivity index (χ0) is 22.8. The van der Waals surface area contributed by atoms with E-state index in [2.05, 4.69) is 40.8 Å². The molecule has 0 radical (unpaired) electrons. The van der Waals surface area contributed by atoms with Crippen molar-refractivity contribution in [3.8, 4) is 0 Å². The molecule has 0 saturated carbocycles. The van der Waals surface area contributed by atoms with Gasteiger partial charge in [0.15, 0.2) is 5.13 Å². The summed E-state index contributed by atoms with van der Waals surface area (Å²) < 4.78 is 13.2. The van der Waals surface area contributed by atoms with E-state index in [1.165, 1.54) is 17.4 Å². The van der Waals surface area contributed by atoms with E-state index in [1.807, 2.05) is 12.3 Å². The fourth-order valence-electron chi connectivity index (χ4n) is 3.26. The summed E-state index contributed by atoms with van der Waals surface area (Å²) >= 11 is 2.90. The van der Waals surface area contributed by atoms with E-state index < -0.39 is 0 Å². The molecular formula is C22H25FN6OS2. The molecule has 10 heteroatoms. The third-order valence-corrected chi connectivity index (χ3v) is 7.46. The van der Waals surface area contributed by atoms with Crippen molar-refractivity contribution >= 4 is 40.1 Å². The summed E-state index contributed by atoms with van der Waals surface area (Å²) in [4.78, 5) is 24.2. The fourth-order valence-corrected chi connectivity index (χ4v) is 5.07. The van der Waals surface area contributed by atoms with E-state index in [0.717, 1.165) is 16.3 Å². The topological polar surface area (TPSA) is 73.7 Å². The van der Waals surface area contributed by atoms with Gasteiger partial charge in [-0.25, -0.2) is 19.4 Å². The van der Waals surface area contributed by atoms with Crippen LogP contribution in [0.3, 0.4) is 0 Å². The first-order chi connectivity index (χ1) is 15.3. The molecule has 2 aliphatic rings. The fraction of sp³-hybridized carbons (Fsp3) is 0.364. The van der Waals surface area contributed by atoms with E-state index in [1.54, 1.807) is 33.7 Å². The quantitative estimate of drug-likeness (QED) is 0.609. The Labute approximate surface area is 194 Å². The van der Waals surface area contributed by atoms with E-state index in [0.29, 0.717) is 53.4 Å². The lowest BCUT2D eigenvalue weighted by atomic mass is 10.0. The Morgan fingerprint density at radius 3 is 2.81 bits per heavy atom. The molecule has 3 heterocycles. The lowest BCUT2D eigenvalue weighted by Gasteiger charge is -2.21. The number of allylic oxidation sites excluding steroid dienone is 3. The van der Waals surface area contributed by atoms with E-state index in [4.69, 9.17) is 0 Å². The van der Waals surface area contributed by atoms with Gasteiger partial charge in [0.05, 0.1) is 29.5 Å². The molecule has 0 unspecified atom stereocenters. The normalized spacial score (nSPS) is 16.1. The first-order valence-electron chi connectivity index (χ1n) is 10.4. The Balaban J connectivity index is 1.39. The van der Waals surface area contributed by atoms with Crippen molar-refractivity contribution < 1.29 is 9.18 Å². The van der Waals surface area contributed by atoms with Crippen LogP contribution in [0.4, 0.5) is 9.52 Å². The maximum atomic E-state index is 13.2. The van der Waals surface area contributed by atoms with Crippen LogP contribution in [0.2, 0.25) is 0 Å². The Bertz CT molecular complexity index is 1130. The summed E-state index contributed by atoms with van der Waals surface area (Å²) in [5.74, 6) is 0.742. The van der Waals surface area contributed by atoms with Gasteiger partial charge in [-0.05, 0) is 25.0 Å². The van der Waals surface area contributed by atoms with Gasteiger partial charge in [0.2, 0.25) is 0 Å². The number of rotatable bonds is 7. The number of hydrogen-bond donors (Lipinski definition) is 1. The van der Waals surface area contributed by atoms with Crippen molar-refractivity contribution in [3.63, 3.8) is 0 Å². The third kappa shape index (κ3) is 4.81. The van der Waals surface area contributed by atoms with Crippen molar-refractivity contribution in [2.75, 3.05) is 11.4 Å². The molecule has 0 spiro atoms. The minimum atomic E-state index is -0.176. The van der Waals surface area contributed by atoms with Gasteiger partial charge < -0.3 is 5.32 Å². The maximum absolute atomic E-state index is 13.2. The molecule has 0 atom stereocenters. The van der Waals surface area contributed by atoms with Crippen LogP contribution < -0.4 is 10.2 Å². The first-order valence-corrected chi connectivity index (χ1v) is 12.0. The van der Waals surface area contributed by atoms with Crippen molar-refractivity contribution in [1.29, 1.82) is 0 Å². The molecule has 0 saturated heterocycles. The first kappa shape index (κ1) is 22.3. The van der Waals surface area contributed by atoms with E-state index in [9.17, 15) is 9.18 Å². The van der Waals surface area contributed by atoms with Gasteiger partial charge in [-0.2, -0.15) is 5.10 Å². The number of aromatic nitrogens is 2. The van der Waals surface area contributed by atoms with Gasteiger partial charge >= 0.3 is 0 Å². The zero-order valence-corrected chi connectivity index (χ0v) is 19.9. The molecule has 1 amide bonds. The largest absolute Gasteiger partial charge is 0.346 e. The van der Waals surface area contributed by atoms with Crippen molar-refractivity contribution in [1.82, 2.24) is 20.3 Å². The number of hydrogen-bond acceptors (Lipinski definition) is 8. The number of nitrogens with zero attached hydrogens (tertiary/aromatic N) is 5. The highest BCUT2D eigenvalue weighted by Crippen LogP contribution is 2.31. The highest BCUT2D eigenvalue weighted by molar-refractivity contribution is 7.17. The number of carbonyl (C=O) groups excluding carboxylic acids is 1. The van der Waals surface area contributed by atoms with Gasteiger partial charge in [-0.1, -0.05) is 37.8 Å². The molecule has 0 aromatic carbocycles. The van der Waals surface area contributed by atoms with Gasteiger partial charge in [-0.3, -0.25) is 9.69 Å². The predicted molar refractivity (Wildman–Crippen MR) is 128 cm³/mol. The Kier molecular flexibility index (Phi) is 6.52. The molecule has 1 aliphatic carbocycles. The summed E-state index contributed by atoms with van der Waals surface area (Å²) in [7, 11) is 0. The zero-order valence-electron chi connectivity index (χ0n) is 18.3. The molecule has 2 aromatic heterocycles. The average molecular weight is 473 g/mol. The SMILES string of the molecule is C=C1N(CC2=CC=C(F)CC2)N=CN1c1nc(C)c(C(=O)NCc2csc(C(C)C)n2)s1. The van der Waals surface area contributed by atoms with Crippen molar-refractivity contribution in [2.45, 2.75) is 46.1 Å². The number of hydrazone groups is 1. The summed E-state index contributed by atoms with van der Waals surface area (Å²) in [6.45, 7) is 11.1.